The Labute approximate surface area is 221 Å². The molecule has 0 spiro atoms. The molecule has 37 heavy (non-hydrogen) atoms. The third-order valence-electron chi connectivity index (χ3n) is 5.45. The first-order valence-electron chi connectivity index (χ1n) is 11.4. The highest BCUT2D eigenvalue weighted by atomic mass is 35.5. The summed E-state index contributed by atoms with van der Waals surface area (Å²) in [5.41, 5.74) is 1.19. The van der Waals surface area contributed by atoms with Crippen LogP contribution in [0.5, 0.6) is 17.2 Å². The Morgan fingerprint density at radius 2 is 1.51 bits per heavy atom. The summed E-state index contributed by atoms with van der Waals surface area (Å²) >= 11 is 6.15. The van der Waals surface area contributed by atoms with Crippen LogP contribution < -0.4 is 19.5 Å². The fraction of sp³-hybridized carbons (Fsp3) is 0.107. The molecule has 9 heteroatoms. The summed E-state index contributed by atoms with van der Waals surface area (Å²) in [5, 5.41) is 2.96. The SMILES string of the molecule is COc1ccc(S(=O)(=O)N[C@H](Cc2ccccc2)C(=O)Nc2ccccc2Oc2ccccc2)cc1Cl. The summed E-state index contributed by atoms with van der Waals surface area (Å²) < 4.78 is 40.0. The number of amides is 1. The number of carbonyl (C=O) groups excluding carboxylic acids is 1. The lowest BCUT2D eigenvalue weighted by Gasteiger charge is -2.20. The predicted molar refractivity (Wildman–Crippen MR) is 144 cm³/mol. The van der Waals surface area contributed by atoms with Gasteiger partial charge in [0.25, 0.3) is 0 Å². The Morgan fingerprint density at radius 3 is 2.19 bits per heavy atom. The molecule has 0 aliphatic heterocycles. The van der Waals surface area contributed by atoms with E-state index in [0.717, 1.165) is 5.56 Å². The highest BCUT2D eigenvalue weighted by Crippen LogP contribution is 2.30. The largest absolute Gasteiger partial charge is 0.495 e. The number of carbonyl (C=O) groups is 1. The summed E-state index contributed by atoms with van der Waals surface area (Å²) in [4.78, 5) is 13.4. The first-order chi connectivity index (χ1) is 17.9. The topological polar surface area (TPSA) is 93.7 Å². The predicted octanol–water partition coefficient (Wildman–Crippen LogP) is 5.67. The zero-order valence-electron chi connectivity index (χ0n) is 19.9. The highest BCUT2D eigenvalue weighted by molar-refractivity contribution is 7.89. The second-order valence-corrected chi connectivity index (χ2v) is 10.2. The van der Waals surface area contributed by atoms with Gasteiger partial charge in [-0.3, -0.25) is 4.79 Å². The van der Waals surface area contributed by atoms with E-state index >= 15 is 0 Å². The van der Waals surface area contributed by atoms with Crippen LogP contribution in [0.2, 0.25) is 5.02 Å². The van der Waals surface area contributed by atoms with Crippen LogP contribution in [0.3, 0.4) is 0 Å². The van der Waals surface area contributed by atoms with Crippen LogP contribution >= 0.6 is 11.6 Å². The zero-order chi connectivity index (χ0) is 26.3. The Kier molecular flexibility index (Phi) is 8.45. The van der Waals surface area contributed by atoms with Crippen molar-refractivity contribution >= 4 is 33.2 Å². The molecule has 4 aromatic rings. The van der Waals surface area contributed by atoms with Crippen molar-refractivity contribution in [2.24, 2.45) is 0 Å². The number of para-hydroxylation sites is 3. The van der Waals surface area contributed by atoms with E-state index in [9.17, 15) is 13.2 Å². The number of hydrogen-bond donors (Lipinski definition) is 2. The Balaban J connectivity index is 1.60. The van der Waals surface area contributed by atoms with Gasteiger partial charge in [0.05, 0.1) is 22.7 Å². The molecular formula is C28H25ClN2O5S. The van der Waals surface area contributed by atoms with Gasteiger partial charge in [0.2, 0.25) is 15.9 Å². The summed E-state index contributed by atoms with van der Waals surface area (Å²) in [7, 11) is -2.67. The van der Waals surface area contributed by atoms with Crippen molar-refractivity contribution in [3.8, 4) is 17.2 Å². The standard InChI is InChI=1S/C28H25ClN2O5S/c1-35-26-17-16-22(19-23(26)29)37(33,34)31-25(18-20-10-4-2-5-11-20)28(32)30-24-14-8-9-15-27(24)36-21-12-6-3-7-13-21/h2-17,19,25,31H,18H2,1H3,(H,30,32)/t25-/m1/s1. The van der Waals surface area contributed by atoms with Crippen LogP contribution in [0.25, 0.3) is 0 Å². The van der Waals surface area contributed by atoms with E-state index in [-0.39, 0.29) is 16.3 Å². The summed E-state index contributed by atoms with van der Waals surface area (Å²) in [6.07, 6.45) is 0.123. The van der Waals surface area contributed by atoms with Crippen LogP contribution in [-0.2, 0) is 21.2 Å². The van der Waals surface area contributed by atoms with Crippen LogP contribution in [-0.4, -0.2) is 27.5 Å². The first kappa shape index (κ1) is 26.2. The van der Waals surface area contributed by atoms with Gasteiger partial charge in [0, 0.05) is 0 Å². The van der Waals surface area contributed by atoms with Crippen molar-refractivity contribution in [1.82, 2.24) is 4.72 Å². The number of nitrogens with one attached hydrogen (secondary N) is 2. The van der Waals surface area contributed by atoms with Crippen LogP contribution in [0.15, 0.2) is 108 Å². The average molecular weight is 537 g/mol. The minimum Gasteiger partial charge on any atom is -0.495 e. The first-order valence-corrected chi connectivity index (χ1v) is 13.2. The summed E-state index contributed by atoms with van der Waals surface area (Å²) in [5.74, 6) is 0.817. The normalized spacial score (nSPS) is 11.9. The molecule has 0 bridgehead atoms. The van der Waals surface area contributed by atoms with E-state index in [1.807, 2.05) is 48.5 Å². The molecule has 2 N–H and O–H groups in total. The quantitative estimate of drug-likeness (QED) is 0.272. The molecule has 1 atom stereocenters. The lowest BCUT2D eigenvalue weighted by Crippen LogP contribution is -2.45. The van der Waals surface area contributed by atoms with Gasteiger partial charge in [0.1, 0.15) is 17.5 Å². The summed E-state index contributed by atoms with van der Waals surface area (Å²) in [6.45, 7) is 0. The molecule has 190 valence electrons. The lowest BCUT2D eigenvalue weighted by atomic mass is 10.1. The Bertz CT molecular complexity index is 1460. The molecule has 0 aliphatic rings. The number of sulfonamides is 1. The molecule has 0 heterocycles. The zero-order valence-corrected chi connectivity index (χ0v) is 21.5. The maximum absolute atomic E-state index is 13.5. The van der Waals surface area contributed by atoms with Crippen molar-refractivity contribution in [3.05, 3.63) is 114 Å². The van der Waals surface area contributed by atoms with Gasteiger partial charge < -0.3 is 14.8 Å². The Morgan fingerprint density at radius 1 is 0.865 bits per heavy atom. The number of benzene rings is 4. The highest BCUT2D eigenvalue weighted by Gasteiger charge is 2.27. The van der Waals surface area contributed by atoms with E-state index in [1.165, 1.54) is 25.3 Å². The maximum Gasteiger partial charge on any atom is 0.243 e. The minimum absolute atomic E-state index is 0.0861. The third-order valence-corrected chi connectivity index (χ3v) is 7.21. The van der Waals surface area contributed by atoms with Crippen molar-refractivity contribution in [3.63, 3.8) is 0 Å². The van der Waals surface area contributed by atoms with E-state index < -0.39 is 22.0 Å². The second-order valence-electron chi connectivity index (χ2n) is 8.06. The number of methoxy groups -OCH3 is 1. The number of rotatable bonds is 10. The average Bonchev–Trinajstić information content (AvgIpc) is 2.90. The third kappa shape index (κ3) is 6.89. The molecule has 0 unspecified atom stereocenters. The van der Waals surface area contributed by atoms with Crippen molar-refractivity contribution in [2.45, 2.75) is 17.4 Å². The number of halogens is 1. The Hall–Kier alpha value is -3.85. The molecule has 0 aromatic heterocycles. The van der Waals surface area contributed by atoms with Crippen LogP contribution in [0.4, 0.5) is 5.69 Å². The molecule has 4 aromatic carbocycles. The molecule has 1 amide bonds. The molecule has 0 saturated heterocycles. The van der Waals surface area contributed by atoms with Crippen LogP contribution in [0.1, 0.15) is 5.56 Å². The molecule has 4 rings (SSSR count). The van der Waals surface area contributed by atoms with Crippen LogP contribution in [0, 0.1) is 0 Å². The smallest absolute Gasteiger partial charge is 0.243 e. The van der Waals surface area contributed by atoms with Gasteiger partial charge >= 0.3 is 0 Å². The van der Waals surface area contributed by atoms with Gasteiger partial charge in [-0.05, 0) is 54.4 Å². The van der Waals surface area contributed by atoms with Gasteiger partial charge in [-0.1, -0.05) is 72.3 Å². The number of hydrogen-bond acceptors (Lipinski definition) is 5. The van der Waals surface area contributed by atoms with E-state index in [0.29, 0.717) is 22.9 Å². The summed E-state index contributed by atoms with van der Waals surface area (Å²) in [6, 6.07) is 28.2. The van der Waals surface area contributed by atoms with Crippen molar-refractivity contribution in [1.29, 1.82) is 0 Å². The fourth-order valence-electron chi connectivity index (χ4n) is 3.60. The van der Waals surface area contributed by atoms with E-state index in [4.69, 9.17) is 21.1 Å². The maximum atomic E-state index is 13.5. The molecule has 0 radical (unpaired) electrons. The number of ether oxygens (including phenoxy) is 2. The molecule has 0 aliphatic carbocycles. The number of anilines is 1. The molecule has 0 saturated carbocycles. The van der Waals surface area contributed by atoms with Gasteiger partial charge in [-0.15, -0.1) is 0 Å². The monoisotopic (exact) mass is 536 g/mol. The van der Waals surface area contributed by atoms with Crippen molar-refractivity contribution in [2.75, 3.05) is 12.4 Å². The van der Waals surface area contributed by atoms with Gasteiger partial charge in [-0.2, -0.15) is 4.72 Å². The molecular weight excluding hydrogens is 512 g/mol. The second kappa shape index (κ2) is 11.9. The lowest BCUT2D eigenvalue weighted by molar-refractivity contribution is -0.117. The van der Waals surface area contributed by atoms with Crippen molar-refractivity contribution < 1.29 is 22.7 Å². The van der Waals surface area contributed by atoms with E-state index in [1.54, 1.807) is 36.4 Å². The van der Waals surface area contributed by atoms with Gasteiger partial charge in [0.15, 0.2) is 5.75 Å². The molecule has 0 fully saturated rings. The van der Waals surface area contributed by atoms with E-state index in [2.05, 4.69) is 10.0 Å². The molecule has 7 nitrogen and oxygen atoms in total. The fourth-order valence-corrected chi connectivity index (χ4v) is 5.15. The minimum atomic E-state index is -4.11. The van der Waals surface area contributed by atoms with Gasteiger partial charge in [-0.25, -0.2) is 8.42 Å².